The van der Waals surface area contributed by atoms with E-state index in [1.54, 1.807) is 30.0 Å². The third-order valence-corrected chi connectivity index (χ3v) is 7.25. The number of hydrogen-bond acceptors (Lipinski definition) is 8. The van der Waals surface area contributed by atoms with E-state index >= 15 is 0 Å². The smallest absolute Gasteiger partial charge is 0.270 e. The van der Waals surface area contributed by atoms with Crippen LogP contribution in [0.25, 0.3) is 5.65 Å². The Morgan fingerprint density at radius 1 is 1.20 bits per heavy atom. The Kier molecular flexibility index (Phi) is 7.83. The average molecular weight is 567 g/mol. The second kappa shape index (κ2) is 11.5. The van der Waals surface area contributed by atoms with Gasteiger partial charge < -0.3 is 30.5 Å². The maximum absolute atomic E-state index is 14.5. The minimum absolute atomic E-state index is 0.0637. The highest BCUT2D eigenvalue weighted by molar-refractivity contribution is 6.00. The number of amides is 4. The molecule has 3 N–H and O–H groups in total. The summed E-state index contributed by atoms with van der Waals surface area (Å²) in [6.45, 7) is 2.74. The molecule has 1 fully saturated rings. The molecule has 3 aromatic rings. The first-order valence-corrected chi connectivity index (χ1v) is 13.2. The Morgan fingerprint density at radius 2 is 1.95 bits per heavy atom. The van der Waals surface area contributed by atoms with Gasteiger partial charge in [0.15, 0.2) is 18.1 Å². The van der Waals surface area contributed by atoms with E-state index in [1.165, 1.54) is 6.07 Å². The molecular formula is C27H31FN8O5. The average Bonchev–Trinajstić information content (AvgIpc) is 3.34. The number of nitrogens with zero attached hydrogens (tertiary/aromatic N) is 5. The third-order valence-electron chi connectivity index (χ3n) is 7.25. The molecule has 41 heavy (non-hydrogen) atoms. The molecule has 13 nitrogen and oxygen atoms in total. The number of nitrogens with one attached hydrogen (secondary N) is 3. The number of rotatable bonds is 7. The summed E-state index contributed by atoms with van der Waals surface area (Å²) in [6, 6.07) is 5.82. The minimum atomic E-state index is -0.854. The van der Waals surface area contributed by atoms with Gasteiger partial charge >= 0.3 is 0 Å². The molecule has 4 amide bonds. The zero-order chi connectivity index (χ0) is 29.3. The lowest BCUT2D eigenvalue weighted by Crippen LogP contribution is -2.51. The molecule has 216 valence electrons. The molecule has 1 atom stereocenters. The van der Waals surface area contributed by atoms with Gasteiger partial charge in [-0.1, -0.05) is 6.07 Å². The van der Waals surface area contributed by atoms with Gasteiger partial charge in [-0.2, -0.15) is 5.10 Å². The predicted molar refractivity (Wildman–Crippen MR) is 145 cm³/mol. The fourth-order valence-electron chi connectivity index (χ4n) is 4.94. The van der Waals surface area contributed by atoms with Crippen molar-refractivity contribution in [3.8, 4) is 5.75 Å². The fourth-order valence-corrected chi connectivity index (χ4v) is 4.94. The van der Waals surface area contributed by atoms with E-state index in [-0.39, 0.29) is 42.0 Å². The molecule has 5 rings (SSSR count). The van der Waals surface area contributed by atoms with Gasteiger partial charge in [0.2, 0.25) is 5.91 Å². The number of piperidine rings is 1. The van der Waals surface area contributed by atoms with Crippen molar-refractivity contribution in [2.75, 3.05) is 39.1 Å². The highest BCUT2D eigenvalue weighted by Crippen LogP contribution is 2.28. The summed E-state index contributed by atoms with van der Waals surface area (Å²) in [7, 11) is 4.02. The molecule has 0 spiro atoms. The molecule has 0 unspecified atom stereocenters. The van der Waals surface area contributed by atoms with E-state index in [1.807, 2.05) is 14.1 Å². The summed E-state index contributed by atoms with van der Waals surface area (Å²) >= 11 is 0. The molecule has 2 aliphatic heterocycles. The van der Waals surface area contributed by atoms with E-state index in [4.69, 9.17) is 4.74 Å². The largest absolute Gasteiger partial charge is 0.482 e. The Labute approximate surface area is 235 Å². The zero-order valence-electron chi connectivity index (χ0n) is 22.9. The van der Waals surface area contributed by atoms with Crippen molar-refractivity contribution in [2.45, 2.75) is 38.4 Å². The molecular weight excluding hydrogens is 535 g/mol. The van der Waals surface area contributed by atoms with Gasteiger partial charge in [-0.05, 0) is 51.6 Å². The van der Waals surface area contributed by atoms with E-state index < -0.39 is 23.7 Å². The molecule has 0 bridgehead atoms. The van der Waals surface area contributed by atoms with Crippen molar-refractivity contribution in [1.29, 1.82) is 0 Å². The number of fused-ring (bicyclic) bond motifs is 2. The Balaban J connectivity index is 1.28. The molecule has 1 saturated heterocycles. The number of hydrogen-bond donors (Lipinski definition) is 3. The molecule has 0 radical (unpaired) electrons. The van der Waals surface area contributed by atoms with Gasteiger partial charge in [-0.3, -0.25) is 19.2 Å². The van der Waals surface area contributed by atoms with Crippen LogP contribution < -0.4 is 20.7 Å². The second-order valence-corrected chi connectivity index (χ2v) is 10.3. The first-order valence-electron chi connectivity index (χ1n) is 13.2. The molecule has 2 aromatic heterocycles. The van der Waals surface area contributed by atoms with Crippen molar-refractivity contribution in [3.63, 3.8) is 0 Å². The first kappa shape index (κ1) is 28.0. The number of ether oxygens (including phenoxy) is 1. The summed E-state index contributed by atoms with van der Waals surface area (Å²) < 4.78 is 20.8. The quantitative estimate of drug-likeness (QED) is 0.380. The standard InChI is InChI=1S/C27H31FN8O5/c1-15(27(40)35-8-6-17(7-9-35)34(2)3)31-26(39)21-11-20(33-24-18(28)13-30-36(21)24)25(38)29-12-16-4-5-22-19(10-16)32-23(37)14-41-22/h4-5,10-11,13,15,17H,6-9,12,14H2,1-3H3,(H,29,38)(H,31,39)(H,32,37)/t15-/m0/s1. The number of benzene rings is 1. The monoisotopic (exact) mass is 566 g/mol. The van der Waals surface area contributed by atoms with Gasteiger partial charge in [0, 0.05) is 31.7 Å². The number of anilines is 1. The maximum atomic E-state index is 14.5. The number of carbonyl (C=O) groups excluding carboxylic acids is 4. The summed E-state index contributed by atoms with van der Waals surface area (Å²) in [5.74, 6) is -2.17. The number of likely N-dealkylation sites (tertiary alicyclic amines) is 1. The highest BCUT2D eigenvalue weighted by atomic mass is 19.1. The predicted octanol–water partition coefficient (Wildman–Crippen LogP) is 0.800. The lowest BCUT2D eigenvalue weighted by Gasteiger charge is -2.36. The summed E-state index contributed by atoms with van der Waals surface area (Å²) in [6.07, 6.45) is 2.57. The highest BCUT2D eigenvalue weighted by Gasteiger charge is 2.29. The molecule has 1 aromatic carbocycles. The topological polar surface area (TPSA) is 150 Å². The maximum Gasteiger partial charge on any atom is 0.270 e. The van der Waals surface area contributed by atoms with Crippen LogP contribution in [-0.2, 0) is 16.1 Å². The van der Waals surface area contributed by atoms with Crippen LogP contribution in [0.5, 0.6) is 5.75 Å². The Bertz CT molecular complexity index is 1510. The third kappa shape index (κ3) is 5.96. The fraction of sp³-hybridized carbons (Fsp3) is 0.407. The summed E-state index contributed by atoms with van der Waals surface area (Å²) in [5.41, 5.74) is 0.490. The number of aromatic nitrogens is 3. The number of halogens is 1. The van der Waals surface area contributed by atoms with Gasteiger partial charge in [0.25, 0.3) is 17.7 Å². The normalized spacial score (nSPS) is 16.1. The van der Waals surface area contributed by atoms with Crippen LogP contribution in [0, 0.1) is 5.82 Å². The van der Waals surface area contributed by atoms with Crippen molar-refractivity contribution in [1.82, 2.24) is 35.0 Å². The van der Waals surface area contributed by atoms with Crippen LogP contribution in [0.3, 0.4) is 0 Å². The van der Waals surface area contributed by atoms with Crippen molar-refractivity contribution < 1.29 is 28.3 Å². The lowest BCUT2D eigenvalue weighted by atomic mass is 10.0. The van der Waals surface area contributed by atoms with Gasteiger partial charge in [0.05, 0.1) is 11.9 Å². The zero-order valence-corrected chi connectivity index (χ0v) is 22.9. The van der Waals surface area contributed by atoms with Crippen molar-refractivity contribution in [2.24, 2.45) is 0 Å². The van der Waals surface area contributed by atoms with E-state index in [0.29, 0.717) is 36.1 Å². The molecule has 0 aliphatic carbocycles. The Hall–Kier alpha value is -4.59. The van der Waals surface area contributed by atoms with Crippen LogP contribution in [0.4, 0.5) is 10.1 Å². The van der Waals surface area contributed by atoms with Crippen LogP contribution in [-0.4, -0.2) is 93.9 Å². The summed E-state index contributed by atoms with van der Waals surface area (Å²) in [4.78, 5) is 58.8. The van der Waals surface area contributed by atoms with Crippen LogP contribution in [0.15, 0.2) is 30.5 Å². The SMILES string of the molecule is C[C@H](NC(=O)c1cc(C(=O)NCc2ccc3c(c2)NC(=O)CO3)nc2c(F)cnn12)C(=O)N1CCC(N(C)C)CC1. The van der Waals surface area contributed by atoms with E-state index in [0.717, 1.165) is 23.6 Å². The van der Waals surface area contributed by atoms with Gasteiger partial charge in [0.1, 0.15) is 23.2 Å². The van der Waals surface area contributed by atoms with E-state index in [2.05, 4.69) is 30.9 Å². The molecule has 4 heterocycles. The van der Waals surface area contributed by atoms with Crippen molar-refractivity contribution >= 4 is 35.0 Å². The minimum Gasteiger partial charge on any atom is -0.482 e. The second-order valence-electron chi connectivity index (χ2n) is 10.3. The first-order chi connectivity index (χ1) is 19.6. The van der Waals surface area contributed by atoms with Crippen LogP contribution in [0.1, 0.15) is 46.3 Å². The number of carbonyl (C=O) groups is 4. The lowest BCUT2D eigenvalue weighted by molar-refractivity contribution is -0.134. The van der Waals surface area contributed by atoms with Crippen LogP contribution in [0.2, 0.25) is 0 Å². The van der Waals surface area contributed by atoms with E-state index in [9.17, 15) is 23.6 Å². The van der Waals surface area contributed by atoms with Crippen LogP contribution >= 0.6 is 0 Å². The molecule has 14 heteroatoms. The molecule has 2 aliphatic rings. The Morgan fingerprint density at radius 3 is 2.68 bits per heavy atom. The molecule has 0 saturated carbocycles. The van der Waals surface area contributed by atoms with Crippen molar-refractivity contribution in [3.05, 3.63) is 53.2 Å². The van der Waals surface area contributed by atoms with Gasteiger partial charge in [-0.25, -0.2) is 13.9 Å². The summed E-state index contributed by atoms with van der Waals surface area (Å²) in [5, 5.41) is 11.9. The van der Waals surface area contributed by atoms with Gasteiger partial charge in [-0.15, -0.1) is 0 Å².